The lowest BCUT2D eigenvalue weighted by atomic mass is 10.7. The monoisotopic (exact) mass is 270 g/mol. The van der Waals surface area contributed by atoms with Gasteiger partial charge in [0.25, 0.3) is 0 Å². The van der Waals surface area contributed by atoms with E-state index in [2.05, 4.69) is 42.1 Å². The highest BCUT2D eigenvalue weighted by molar-refractivity contribution is 9.13. The van der Waals surface area contributed by atoms with E-state index in [4.69, 9.17) is 0 Å². The number of hydrogen-bond acceptors (Lipinski definition) is 2. The molecule has 1 rings (SSSR count). The van der Waals surface area contributed by atoms with Crippen molar-refractivity contribution in [2.75, 3.05) is 6.26 Å². The summed E-state index contributed by atoms with van der Waals surface area (Å²) in [6.07, 6.45) is 1.98. The van der Waals surface area contributed by atoms with E-state index >= 15 is 0 Å². The summed E-state index contributed by atoms with van der Waals surface area (Å²) in [4.78, 5) is 0. The zero-order valence-corrected chi connectivity index (χ0v) is 8.60. The summed E-state index contributed by atoms with van der Waals surface area (Å²) in [5, 5.41) is 7.74. The third kappa shape index (κ3) is 1.50. The van der Waals surface area contributed by atoms with E-state index in [0.717, 1.165) is 14.1 Å². The molecule has 0 radical (unpaired) electrons. The first-order chi connectivity index (χ1) is 4.25. The van der Waals surface area contributed by atoms with Crippen molar-refractivity contribution in [3.63, 3.8) is 0 Å². The lowest BCUT2D eigenvalue weighted by molar-refractivity contribution is 0.993. The Balaban J connectivity index is 3.04. The SMILES string of the molecule is CSc1n[nH]c(Br)c1Br. The fourth-order valence-corrected chi connectivity index (χ4v) is 1.92. The highest BCUT2D eigenvalue weighted by Gasteiger charge is 2.04. The summed E-state index contributed by atoms with van der Waals surface area (Å²) in [5.74, 6) is 0. The molecular weight excluding hydrogens is 268 g/mol. The van der Waals surface area contributed by atoms with Gasteiger partial charge in [-0.05, 0) is 38.1 Å². The van der Waals surface area contributed by atoms with Crippen molar-refractivity contribution >= 4 is 43.6 Å². The summed E-state index contributed by atoms with van der Waals surface area (Å²) in [5.41, 5.74) is 0. The molecule has 0 bridgehead atoms. The van der Waals surface area contributed by atoms with Crippen LogP contribution in [0, 0.1) is 0 Å². The standard InChI is InChI=1S/C4H4Br2N2S/c1-9-4-2(5)3(6)7-8-4/h1H3,(H,7,8). The second kappa shape index (κ2) is 3.07. The van der Waals surface area contributed by atoms with Gasteiger partial charge in [0.05, 0.1) is 4.47 Å². The number of rotatable bonds is 1. The molecule has 50 valence electrons. The Morgan fingerprint density at radius 1 is 1.56 bits per heavy atom. The van der Waals surface area contributed by atoms with Gasteiger partial charge in [0.1, 0.15) is 9.63 Å². The average Bonchev–Trinajstić information content (AvgIpc) is 2.15. The van der Waals surface area contributed by atoms with Crippen molar-refractivity contribution in [3.05, 3.63) is 9.08 Å². The largest absolute Gasteiger partial charge is 0.269 e. The van der Waals surface area contributed by atoms with Crippen LogP contribution in [-0.2, 0) is 0 Å². The molecule has 1 heterocycles. The quantitative estimate of drug-likeness (QED) is 0.796. The second-order valence-electron chi connectivity index (χ2n) is 1.36. The first-order valence-electron chi connectivity index (χ1n) is 2.19. The van der Waals surface area contributed by atoms with Gasteiger partial charge in [-0.3, -0.25) is 5.10 Å². The van der Waals surface area contributed by atoms with Gasteiger partial charge < -0.3 is 0 Å². The van der Waals surface area contributed by atoms with Crippen LogP contribution in [0.15, 0.2) is 14.1 Å². The minimum Gasteiger partial charge on any atom is -0.269 e. The summed E-state index contributed by atoms with van der Waals surface area (Å²) in [7, 11) is 0. The number of thioether (sulfide) groups is 1. The number of nitrogens with zero attached hydrogens (tertiary/aromatic N) is 1. The molecule has 0 amide bonds. The van der Waals surface area contributed by atoms with Gasteiger partial charge >= 0.3 is 0 Å². The molecule has 0 spiro atoms. The third-order valence-electron chi connectivity index (χ3n) is 0.829. The van der Waals surface area contributed by atoms with Crippen LogP contribution >= 0.6 is 43.6 Å². The van der Waals surface area contributed by atoms with Gasteiger partial charge in [0.2, 0.25) is 0 Å². The zero-order valence-electron chi connectivity index (χ0n) is 4.61. The van der Waals surface area contributed by atoms with Crippen molar-refractivity contribution in [1.29, 1.82) is 0 Å². The Hall–Kier alpha value is 0.520. The molecule has 0 saturated carbocycles. The molecule has 1 aromatic heterocycles. The van der Waals surface area contributed by atoms with E-state index in [0.29, 0.717) is 0 Å². The predicted octanol–water partition coefficient (Wildman–Crippen LogP) is 2.66. The van der Waals surface area contributed by atoms with Crippen LogP contribution in [0.1, 0.15) is 0 Å². The molecule has 0 unspecified atom stereocenters. The molecule has 0 aliphatic rings. The normalized spacial score (nSPS) is 10.1. The van der Waals surface area contributed by atoms with E-state index in [1.807, 2.05) is 6.26 Å². The molecular formula is C4H4Br2N2S. The fourth-order valence-electron chi connectivity index (χ4n) is 0.427. The molecule has 2 nitrogen and oxygen atoms in total. The van der Waals surface area contributed by atoms with Crippen LogP contribution in [0.5, 0.6) is 0 Å². The molecule has 0 fully saturated rings. The topological polar surface area (TPSA) is 28.7 Å². The lowest BCUT2D eigenvalue weighted by Gasteiger charge is -1.84. The number of H-pyrrole nitrogens is 1. The van der Waals surface area contributed by atoms with Crippen LogP contribution in [-0.4, -0.2) is 16.5 Å². The van der Waals surface area contributed by atoms with Gasteiger partial charge in [0, 0.05) is 0 Å². The smallest absolute Gasteiger partial charge is 0.133 e. The Labute approximate surface area is 74.1 Å². The molecule has 9 heavy (non-hydrogen) atoms. The van der Waals surface area contributed by atoms with Crippen molar-refractivity contribution in [2.24, 2.45) is 0 Å². The second-order valence-corrected chi connectivity index (χ2v) is 3.74. The Bertz CT molecular complexity index is 210. The van der Waals surface area contributed by atoms with E-state index < -0.39 is 0 Å². The Morgan fingerprint density at radius 2 is 2.22 bits per heavy atom. The van der Waals surface area contributed by atoms with Gasteiger partial charge in [-0.1, -0.05) is 0 Å². The summed E-state index contributed by atoms with van der Waals surface area (Å²) in [6.45, 7) is 0. The molecule has 0 aromatic carbocycles. The van der Waals surface area contributed by atoms with Crippen molar-refractivity contribution in [1.82, 2.24) is 10.2 Å². The lowest BCUT2D eigenvalue weighted by Crippen LogP contribution is -1.67. The van der Waals surface area contributed by atoms with Crippen molar-refractivity contribution < 1.29 is 0 Å². The maximum atomic E-state index is 3.98. The van der Waals surface area contributed by atoms with Crippen LogP contribution in [0.25, 0.3) is 0 Å². The minimum absolute atomic E-state index is 0.895. The molecule has 5 heteroatoms. The van der Waals surface area contributed by atoms with Gasteiger partial charge in [-0.15, -0.1) is 11.8 Å². The Kier molecular flexibility index (Phi) is 2.60. The molecule has 0 aliphatic heterocycles. The van der Waals surface area contributed by atoms with E-state index in [9.17, 15) is 0 Å². The Morgan fingerprint density at radius 3 is 2.44 bits per heavy atom. The summed E-state index contributed by atoms with van der Waals surface area (Å²) in [6, 6.07) is 0. The fraction of sp³-hybridized carbons (Fsp3) is 0.250. The van der Waals surface area contributed by atoms with Crippen molar-refractivity contribution in [2.45, 2.75) is 5.03 Å². The first-order valence-corrected chi connectivity index (χ1v) is 5.00. The molecule has 1 aromatic rings. The van der Waals surface area contributed by atoms with Crippen molar-refractivity contribution in [3.8, 4) is 0 Å². The summed E-state index contributed by atoms with van der Waals surface area (Å²) >= 11 is 8.22. The minimum atomic E-state index is 0.895. The molecule has 0 aliphatic carbocycles. The molecule has 1 N–H and O–H groups in total. The average molecular weight is 272 g/mol. The first kappa shape index (κ1) is 7.63. The number of aromatic amines is 1. The van der Waals surface area contributed by atoms with Crippen LogP contribution in [0.2, 0.25) is 0 Å². The zero-order chi connectivity index (χ0) is 6.85. The number of nitrogens with one attached hydrogen (secondary N) is 1. The number of halogens is 2. The van der Waals surface area contributed by atoms with E-state index in [1.54, 1.807) is 11.8 Å². The van der Waals surface area contributed by atoms with Crippen LogP contribution in [0.3, 0.4) is 0 Å². The number of hydrogen-bond donors (Lipinski definition) is 1. The summed E-state index contributed by atoms with van der Waals surface area (Å²) < 4.78 is 1.89. The maximum Gasteiger partial charge on any atom is 0.133 e. The highest BCUT2D eigenvalue weighted by Crippen LogP contribution is 2.29. The van der Waals surface area contributed by atoms with Gasteiger partial charge in [-0.25, -0.2) is 0 Å². The van der Waals surface area contributed by atoms with E-state index in [1.165, 1.54) is 0 Å². The van der Waals surface area contributed by atoms with Crippen LogP contribution in [0.4, 0.5) is 0 Å². The van der Waals surface area contributed by atoms with Crippen LogP contribution < -0.4 is 0 Å². The number of aromatic nitrogens is 2. The van der Waals surface area contributed by atoms with Gasteiger partial charge in [0.15, 0.2) is 0 Å². The predicted molar refractivity (Wildman–Crippen MR) is 45.8 cm³/mol. The van der Waals surface area contributed by atoms with Gasteiger partial charge in [-0.2, -0.15) is 5.10 Å². The highest BCUT2D eigenvalue weighted by atomic mass is 79.9. The molecule has 0 atom stereocenters. The molecule has 0 saturated heterocycles. The third-order valence-corrected chi connectivity index (χ3v) is 3.65. The maximum absolute atomic E-state index is 3.98. The van der Waals surface area contributed by atoms with E-state index in [-0.39, 0.29) is 0 Å².